The van der Waals surface area contributed by atoms with Crippen molar-refractivity contribution in [3.8, 4) is 11.5 Å². The first-order valence-corrected chi connectivity index (χ1v) is 6.51. The summed E-state index contributed by atoms with van der Waals surface area (Å²) in [6.45, 7) is 2.68. The topological polar surface area (TPSA) is 69.4 Å². The summed E-state index contributed by atoms with van der Waals surface area (Å²) in [5.74, 6) is 2.45. The molecule has 1 aliphatic heterocycles. The molecular formula is C14H17N3O2. The fourth-order valence-corrected chi connectivity index (χ4v) is 2.16. The Labute approximate surface area is 111 Å². The Bertz CT molecular complexity index is 586. The van der Waals surface area contributed by atoms with Crippen LogP contribution in [0.3, 0.4) is 0 Å². The summed E-state index contributed by atoms with van der Waals surface area (Å²) in [6, 6.07) is 5.96. The van der Waals surface area contributed by atoms with Crippen molar-refractivity contribution in [2.75, 3.05) is 31.6 Å². The van der Waals surface area contributed by atoms with Crippen LogP contribution in [0, 0.1) is 0 Å². The molecule has 5 nitrogen and oxygen atoms in total. The van der Waals surface area contributed by atoms with Crippen molar-refractivity contribution < 1.29 is 9.47 Å². The number of nitrogens with one attached hydrogen (secondary N) is 1. The van der Waals surface area contributed by atoms with E-state index in [-0.39, 0.29) is 0 Å². The molecular weight excluding hydrogens is 242 g/mol. The number of pyridine rings is 1. The van der Waals surface area contributed by atoms with Gasteiger partial charge in [-0.1, -0.05) is 0 Å². The lowest BCUT2D eigenvalue weighted by Crippen LogP contribution is -2.15. The van der Waals surface area contributed by atoms with Crippen molar-refractivity contribution in [3.05, 3.63) is 24.4 Å². The number of ether oxygens (including phenoxy) is 2. The van der Waals surface area contributed by atoms with Crippen LogP contribution in [0.5, 0.6) is 11.5 Å². The predicted molar refractivity (Wildman–Crippen MR) is 74.9 cm³/mol. The number of fused-ring (bicyclic) bond motifs is 2. The maximum Gasteiger partial charge on any atom is 0.162 e. The van der Waals surface area contributed by atoms with Crippen molar-refractivity contribution in [1.82, 2.24) is 4.98 Å². The van der Waals surface area contributed by atoms with Crippen LogP contribution >= 0.6 is 0 Å². The molecule has 1 aliphatic rings. The Morgan fingerprint density at radius 3 is 2.79 bits per heavy atom. The van der Waals surface area contributed by atoms with Gasteiger partial charge < -0.3 is 20.5 Å². The Hall–Kier alpha value is -2.01. The number of nitrogens with two attached hydrogens (primary N) is 1. The number of hydrogen-bond acceptors (Lipinski definition) is 5. The van der Waals surface area contributed by atoms with Crippen LogP contribution in [0.15, 0.2) is 24.4 Å². The second-order valence-corrected chi connectivity index (χ2v) is 4.45. The van der Waals surface area contributed by atoms with E-state index < -0.39 is 0 Å². The molecule has 0 radical (unpaired) electrons. The van der Waals surface area contributed by atoms with Gasteiger partial charge in [-0.2, -0.15) is 0 Å². The number of benzene rings is 1. The molecule has 5 heteroatoms. The molecule has 3 rings (SSSR count). The highest BCUT2D eigenvalue weighted by atomic mass is 16.6. The molecule has 0 atom stereocenters. The highest BCUT2D eigenvalue weighted by Gasteiger charge is 2.14. The van der Waals surface area contributed by atoms with Crippen LogP contribution in [-0.4, -0.2) is 31.3 Å². The molecule has 0 saturated carbocycles. The minimum absolute atomic E-state index is 0.592. The van der Waals surface area contributed by atoms with E-state index in [9.17, 15) is 0 Å². The molecule has 1 aromatic heterocycles. The summed E-state index contributed by atoms with van der Waals surface area (Å²) in [4.78, 5) is 4.38. The number of nitrogens with zero attached hydrogens (tertiary/aromatic N) is 1. The monoisotopic (exact) mass is 259 g/mol. The van der Waals surface area contributed by atoms with Crippen molar-refractivity contribution >= 4 is 16.6 Å². The highest BCUT2D eigenvalue weighted by Crippen LogP contribution is 2.36. The highest BCUT2D eigenvalue weighted by molar-refractivity contribution is 5.94. The third-order valence-electron chi connectivity index (χ3n) is 3.10. The summed E-state index contributed by atoms with van der Waals surface area (Å²) < 4.78 is 11.2. The number of aromatic nitrogens is 1. The van der Waals surface area contributed by atoms with E-state index in [4.69, 9.17) is 15.2 Å². The fourth-order valence-electron chi connectivity index (χ4n) is 2.16. The van der Waals surface area contributed by atoms with E-state index in [1.165, 1.54) is 0 Å². The van der Waals surface area contributed by atoms with Crippen LogP contribution in [0.1, 0.15) is 6.42 Å². The first-order valence-electron chi connectivity index (χ1n) is 6.51. The summed E-state index contributed by atoms with van der Waals surface area (Å²) >= 11 is 0. The third-order valence-corrected chi connectivity index (χ3v) is 3.10. The molecule has 2 heterocycles. The zero-order valence-corrected chi connectivity index (χ0v) is 10.7. The molecule has 19 heavy (non-hydrogen) atoms. The quantitative estimate of drug-likeness (QED) is 0.819. The van der Waals surface area contributed by atoms with Crippen LogP contribution in [0.25, 0.3) is 10.8 Å². The molecule has 3 N–H and O–H groups in total. The normalized spacial score (nSPS) is 13.5. The van der Waals surface area contributed by atoms with Crippen molar-refractivity contribution in [2.45, 2.75) is 6.42 Å². The molecule has 0 unspecified atom stereocenters. The van der Waals surface area contributed by atoms with Crippen LogP contribution < -0.4 is 20.5 Å². The Morgan fingerprint density at radius 2 is 2.00 bits per heavy atom. The van der Waals surface area contributed by atoms with E-state index in [1.807, 2.05) is 18.2 Å². The second kappa shape index (κ2) is 5.32. The Balaban J connectivity index is 1.98. The second-order valence-electron chi connectivity index (χ2n) is 4.45. The van der Waals surface area contributed by atoms with Crippen molar-refractivity contribution in [3.63, 3.8) is 0 Å². The van der Waals surface area contributed by atoms with Gasteiger partial charge in [0.2, 0.25) is 0 Å². The molecule has 1 aromatic carbocycles. The molecule has 0 saturated heterocycles. The van der Waals surface area contributed by atoms with E-state index >= 15 is 0 Å². The summed E-state index contributed by atoms with van der Waals surface area (Å²) in [6.07, 6.45) is 2.71. The molecule has 0 fully saturated rings. The summed E-state index contributed by atoms with van der Waals surface area (Å²) in [5, 5.41) is 5.45. The lowest BCUT2D eigenvalue weighted by Gasteiger charge is -2.19. The van der Waals surface area contributed by atoms with Gasteiger partial charge in [-0.3, -0.25) is 0 Å². The standard InChI is InChI=1S/C14H17N3O2/c15-3-1-4-16-14-11-9-13-12(18-6-7-19-13)8-10(11)2-5-17-14/h2,5,8-9H,1,3-4,6-7,15H2,(H,16,17). The number of anilines is 1. The van der Waals surface area contributed by atoms with Crippen LogP contribution in [-0.2, 0) is 0 Å². The van der Waals surface area contributed by atoms with Gasteiger partial charge in [-0.25, -0.2) is 4.98 Å². The fraction of sp³-hybridized carbons (Fsp3) is 0.357. The first-order chi connectivity index (χ1) is 9.38. The lowest BCUT2D eigenvalue weighted by molar-refractivity contribution is 0.172. The molecule has 100 valence electrons. The minimum Gasteiger partial charge on any atom is -0.486 e. The first kappa shape index (κ1) is 12.0. The molecule has 0 bridgehead atoms. The van der Waals surface area contributed by atoms with Crippen molar-refractivity contribution in [2.24, 2.45) is 5.73 Å². The van der Waals surface area contributed by atoms with Crippen LogP contribution in [0.2, 0.25) is 0 Å². The van der Waals surface area contributed by atoms with E-state index in [2.05, 4.69) is 10.3 Å². The van der Waals surface area contributed by atoms with E-state index in [1.54, 1.807) is 6.20 Å². The van der Waals surface area contributed by atoms with Crippen LogP contribution in [0.4, 0.5) is 5.82 Å². The van der Waals surface area contributed by atoms with E-state index in [0.717, 1.165) is 41.1 Å². The molecule has 0 aliphatic carbocycles. The van der Waals surface area contributed by atoms with Gasteiger partial charge in [0.1, 0.15) is 19.0 Å². The minimum atomic E-state index is 0.592. The Morgan fingerprint density at radius 1 is 1.21 bits per heavy atom. The Kier molecular flexibility index (Phi) is 3.37. The summed E-state index contributed by atoms with van der Waals surface area (Å²) in [7, 11) is 0. The SMILES string of the molecule is NCCCNc1nccc2cc3c(cc12)OCCO3. The van der Waals surface area contributed by atoms with Crippen molar-refractivity contribution in [1.29, 1.82) is 0 Å². The maximum absolute atomic E-state index is 5.61. The zero-order chi connectivity index (χ0) is 13.1. The molecule has 0 amide bonds. The molecule has 2 aromatic rings. The van der Waals surface area contributed by atoms with Gasteiger partial charge in [0.25, 0.3) is 0 Å². The maximum atomic E-state index is 5.61. The van der Waals surface area contributed by atoms with Gasteiger partial charge in [0, 0.05) is 18.1 Å². The van der Waals surface area contributed by atoms with E-state index in [0.29, 0.717) is 19.8 Å². The summed E-state index contributed by atoms with van der Waals surface area (Å²) in [5.41, 5.74) is 5.50. The largest absolute Gasteiger partial charge is 0.486 e. The third kappa shape index (κ3) is 2.42. The van der Waals surface area contributed by atoms with Gasteiger partial charge >= 0.3 is 0 Å². The predicted octanol–water partition coefficient (Wildman–Crippen LogP) is 1.77. The number of hydrogen-bond donors (Lipinski definition) is 2. The average molecular weight is 259 g/mol. The molecule has 0 spiro atoms. The lowest BCUT2D eigenvalue weighted by atomic mass is 10.1. The number of rotatable bonds is 4. The average Bonchev–Trinajstić information content (AvgIpc) is 2.46. The van der Waals surface area contributed by atoms with Gasteiger partial charge in [0.15, 0.2) is 11.5 Å². The van der Waals surface area contributed by atoms with Gasteiger partial charge in [-0.05, 0) is 36.6 Å². The van der Waals surface area contributed by atoms with Gasteiger partial charge in [-0.15, -0.1) is 0 Å². The smallest absolute Gasteiger partial charge is 0.162 e. The zero-order valence-electron chi connectivity index (χ0n) is 10.7. The van der Waals surface area contributed by atoms with Gasteiger partial charge in [0.05, 0.1) is 0 Å².